The molecule has 1 aromatic rings. The third-order valence-corrected chi connectivity index (χ3v) is 9.07. The van der Waals surface area contributed by atoms with Crippen molar-refractivity contribution in [2.75, 3.05) is 26.2 Å². The van der Waals surface area contributed by atoms with Crippen LogP contribution in [0.1, 0.15) is 108 Å². The van der Waals surface area contributed by atoms with Gasteiger partial charge in [0.1, 0.15) is 0 Å². The topological polar surface area (TPSA) is 74.4 Å². The minimum absolute atomic E-state index is 0.243. The van der Waals surface area contributed by atoms with Crippen molar-refractivity contribution in [3.8, 4) is 0 Å². The summed E-state index contributed by atoms with van der Waals surface area (Å²) in [4.78, 5) is 13.8. The van der Waals surface area contributed by atoms with Crippen LogP contribution in [0.2, 0.25) is 0 Å². The number of hydrogen-bond donors (Lipinski definition) is 4. The van der Waals surface area contributed by atoms with Gasteiger partial charge < -0.3 is 26.0 Å². The Hall–Kier alpha value is -2.83. The Bertz CT molecular complexity index is 1110. The molecule has 4 rings (SSSR count). The molecule has 4 N–H and O–H groups in total. The third-order valence-electron chi connectivity index (χ3n) is 9.07. The van der Waals surface area contributed by atoms with E-state index in [1.54, 1.807) is 0 Å². The Balaban J connectivity index is 1.85. The molecular formula is C36H54N4O2. The van der Waals surface area contributed by atoms with Crippen molar-refractivity contribution in [2.45, 2.75) is 109 Å². The molecule has 3 aliphatic rings. The molecule has 2 unspecified atom stereocenters. The van der Waals surface area contributed by atoms with Gasteiger partial charge in [-0.05, 0) is 69.8 Å². The number of fused-ring (bicyclic) bond motifs is 1. The van der Waals surface area contributed by atoms with Crippen molar-refractivity contribution in [1.82, 2.24) is 21.3 Å². The Morgan fingerprint density at radius 1 is 0.690 bits per heavy atom. The lowest BCUT2D eigenvalue weighted by molar-refractivity contribution is -0.0995. The van der Waals surface area contributed by atoms with Crippen LogP contribution in [0.3, 0.4) is 0 Å². The number of rotatable bonds is 18. The second-order valence-electron chi connectivity index (χ2n) is 12.1. The summed E-state index contributed by atoms with van der Waals surface area (Å²) in [5.74, 6) is -0.243. The van der Waals surface area contributed by atoms with Crippen molar-refractivity contribution >= 4 is 5.97 Å². The molecule has 6 nitrogen and oxygen atoms in total. The molecule has 6 heteroatoms. The van der Waals surface area contributed by atoms with Gasteiger partial charge in [0.25, 0.3) is 0 Å². The highest BCUT2D eigenvalue weighted by atomic mass is 16.6. The number of cyclic esters (lactones) is 1. The van der Waals surface area contributed by atoms with Crippen LogP contribution in [0.15, 0.2) is 72.1 Å². The first-order valence-corrected chi connectivity index (χ1v) is 16.6. The summed E-state index contributed by atoms with van der Waals surface area (Å²) in [5, 5.41) is 15.2. The van der Waals surface area contributed by atoms with Gasteiger partial charge in [0.15, 0.2) is 5.60 Å². The molecule has 0 bridgehead atoms. The summed E-state index contributed by atoms with van der Waals surface area (Å²) in [6.45, 7) is 12.4. The fraction of sp³-hybridized carbons (Fsp3) is 0.583. The highest BCUT2D eigenvalue weighted by Gasteiger charge is 2.68. The van der Waals surface area contributed by atoms with Crippen molar-refractivity contribution in [3.63, 3.8) is 0 Å². The first-order chi connectivity index (χ1) is 20.5. The minimum Gasteiger partial charge on any atom is -0.446 e. The van der Waals surface area contributed by atoms with Crippen molar-refractivity contribution < 1.29 is 9.53 Å². The van der Waals surface area contributed by atoms with E-state index in [9.17, 15) is 4.79 Å². The van der Waals surface area contributed by atoms with Crippen molar-refractivity contribution in [2.24, 2.45) is 0 Å². The van der Waals surface area contributed by atoms with Gasteiger partial charge in [0.05, 0.1) is 16.6 Å². The maximum Gasteiger partial charge on any atom is 0.339 e. The average molecular weight is 575 g/mol. The molecule has 0 radical (unpaired) electrons. The largest absolute Gasteiger partial charge is 0.446 e. The summed E-state index contributed by atoms with van der Waals surface area (Å²) in [6, 6.07) is 8.05. The number of nitrogens with one attached hydrogen (secondary N) is 4. The molecule has 2 aliphatic carbocycles. The zero-order chi connectivity index (χ0) is 29.9. The van der Waals surface area contributed by atoms with Crippen LogP contribution in [0.5, 0.6) is 0 Å². The molecule has 230 valence electrons. The number of hydrogen-bond acceptors (Lipinski definition) is 6. The standard InChI is InChI=1S/C36H54N4O2/c1-5-9-25-37-29-17-21-34(22-18-29,39-27-11-7-3)36(32-16-14-13-15-31(32)33(41)42-36)35(40-28-12-8-4)23-19-30(20-24-35)38-26-10-6-2/h13-21,23,37-40H,5-12,22,24-28H2,1-4H3. The van der Waals surface area contributed by atoms with Crippen LogP contribution in [0.4, 0.5) is 0 Å². The molecule has 0 fully saturated rings. The highest BCUT2D eigenvalue weighted by molar-refractivity contribution is 5.95. The van der Waals surface area contributed by atoms with Gasteiger partial charge in [-0.1, -0.05) is 95.9 Å². The lowest BCUT2D eigenvalue weighted by Gasteiger charge is -2.57. The zero-order valence-electron chi connectivity index (χ0n) is 26.5. The molecule has 0 saturated carbocycles. The smallest absolute Gasteiger partial charge is 0.339 e. The molecule has 1 aliphatic heterocycles. The maximum absolute atomic E-state index is 13.8. The lowest BCUT2D eigenvalue weighted by Crippen LogP contribution is -2.74. The Labute approximate surface area is 254 Å². The SMILES string of the molecule is CCCCNC1=CCC(NCCCC)(C2(C3(NCCCC)C=CC(NCCCC)=CC3)OC(=O)c3ccccc32)C=C1. The van der Waals surface area contributed by atoms with Crippen LogP contribution in [0, 0.1) is 0 Å². The monoisotopic (exact) mass is 574 g/mol. The van der Waals surface area contributed by atoms with E-state index in [2.05, 4.69) is 97.6 Å². The second kappa shape index (κ2) is 15.1. The Kier molecular flexibility index (Phi) is 11.5. The molecule has 0 aromatic heterocycles. The Morgan fingerprint density at radius 3 is 1.62 bits per heavy atom. The van der Waals surface area contributed by atoms with E-state index >= 15 is 0 Å². The van der Waals surface area contributed by atoms with Gasteiger partial charge in [-0.2, -0.15) is 0 Å². The number of allylic oxidation sites excluding steroid dienone is 2. The van der Waals surface area contributed by atoms with Crippen LogP contribution in [-0.4, -0.2) is 43.2 Å². The number of unbranched alkanes of at least 4 members (excludes halogenated alkanes) is 4. The average Bonchev–Trinajstić information content (AvgIpc) is 3.33. The third kappa shape index (κ3) is 6.40. The molecule has 0 saturated heterocycles. The molecule has 42 heavy (non-hydrogen) atoms. The minimum atomic E-state index is -1.00. The molecule has 1 heterocycles. The van der Waals surface area contributed by atoms with Gasteiger partial charge in [0, 0.05) is 30.0 Å². The highest BCUT2D eigenvalue weighted by Crippen LogP contribution is 2.56. The first kappa shape index (κ1) is 32.1. The summed E-state index contributed by atoms with van der Waals surface area (Å²) in [6.07, 6.45) is 23.9. The summed E-state index contributed by atoms with van der Waals surface area (Å²) in [7, 11) is 0. The predicted octanol–water partition coefficient (Wildman–Crippen LogP) is 6.78. The van der Waals surface area contributed by atoms with Crippen LogP contribution in [-0.2, 0) is 10.3 Å². The molecule has 0 spiro atoms. The van der Waals surface area contributed by atoms with Crippen LogP contribution >= 0.6 is 0 Å². The van der Waals surface area contributed by atoms with Gasteiger partial charge in [0.2, 0.25) is 0 Å². The maximum atomic E-state index is 13.8. The van der Waals surface area contributed by atoms with Gasteiger partial charge >= 0.3 is 5.97 Å². The van der Waals surface area contributed by atoms with Crippen molar-refractivity contribution in [3.05, 3.63) is 83.2 Å². The normalized spacial score (nSPS) is 26.4. The van der Waals surface area contributed by atoms with E-state index in [0.29, 0.717) is 18.4 Å². The van der Waals surface area contributed by atoms with E-state index in [4.69, 9.17) is 4.74 Å². The van der Waals surface area contributed by atoms with E-state index in [1.807, 2.05) is 12.1 Å². The van der Waals surface area contributed by atoms with Gasteiger partial charge in [-0.3, -0.25) is 0 Å². The van der Waals surface area contributed by atoms with E-state index < -0.39 is 16.7 Å². The number of ether oxygens (including phenoxy) is 1. The molecular weight excluding hydrogens is 520 g/mol. The fourth-order valence-electron chi connectivity index (χ4n) is 6.65. The van der Waals surface area contributed by atoms with E-state index in [0.717, 1.165) is 94.5 Å². The number of carbonyl (C=O) groups is 1. The quantitative estimate of drug-likeness (QED) is 0.114. The van der Waals surface area contributed by atoms with E-state index in [1.165, 1.54) is 0 Å². The number of carbonyl (C=O) groups excluding carboxylic acids is 1. The van der Waals surface area contributed by atoms with Gasteiger partial charge in [-0.25, -0.2) is 4.79 Å². The predicted molar refractivity (Wildman–Crippen MR) is 174 cm³/mol. The van der Waals surface area contributed by atoms with Crippen LogP contribution in [0.25, 0.3) is 0 Å². The molecule has 0 amide bonds. The Morgan fingerprint density at radius 2 is 1.17 bits per heavy atom. The second-order valence-corrected chi connectivity index (χ2v) is 12.1. The lowest BCUT2D eigenvalue weighted by atomic mass is 9.59. The summed E-state index contributed by atoms with van der Waals surface area (Å²) < 4.78 is 6.87. The summed E-state index contributed by atoms with van der Waals surface area (Å²) >= 11 is 0. The zero-order valence-corrected chi connectivity index (χ0v) is 26.5. The molecule has 2 atom stereocenters. The fourth-order valence-corrected chi connectivity index (χ4v) is 6.65. The van der Waals surface area contributed by atoms with Gasteiger partial charge in [-0.15, -0.1) is 0 Å². The van der Waals surface area contributed by atoms with Crippen molar-refractivity contribution in [1.29, 1.82) is 0 Å². The number of benzene rings is 1. The van der Waals surface area contributed by atoms with E-state index in [-0.39, 0.29) is 5.97 Å². The first-order valence-electron chi connectivity index (χ1n) is 16.6. The van der Waals surface area contributed by atoms with Crippen LogP contribution < -0.4 is 21.3 Å². The number of esters is 1. The summed E-state index contributed by atoms with van der Waals surface area (Å²) in [5.41, 5.74) is 1.61. The molecule has 1 aromatic carbocycles.